The van der Waals surface area contributed by atoms with Crippen LogP contribution in [0.4, 0.5) is 23.7 Å². The number of aryl methyl sites for hydroxylation is 1. The maximum absolute atomic E-state index is 12.6. The highest BCUT2D eigenvalue weighted by atomic mass is 32.2. The molecule has 1 aromatic rings. The summed E-state index contributed by atoms with van der Waals surface area (Å²) < 4.78 is 65.7. The van der Waals surface area contributed by atoms with Gasteiger partial charge in [-0.2, -0.15) is 25.9 Å². The molecule has 11 heteroatoms. The third-order valence-corrected chi connectivity index (χ3v) is 6.61. The molecule has 2 rings (SSSR count). The highest BCUT2D eigenvalue weighted by molar-refractivity contribution is 7.87. The highest BCUT2D eigenvalue weighted by Crippen LogP contribution is 2.33. The minimum Gasteiger partial charge on any atom is -0.307 e. The van der Waals surface area contributed by atoms with Crippen molar-refractivity contribution in [1.29, 1.82) is 0 Å². The molecule has 0 aromatic heterocycles. The molecule has 31 heavy (non-hydrogen) atoms. The summed E-state index contributed by atoms with van der Waals surface area (Å²) in [6.45, 7) is 8.44. The van der Waals surface area contributed by atoms with Gasteiger partial charge in [-0.25, -0.2) is 9.52 Å². The number of carbonyl (C=O) groups is 1. The molecule has 0 spiro atoms. The van der Waals surface area contributed by atoms with Gasteiger partial charge >= 0.3 is 22.4 Å². The van der Waals surface area contributed by atoms with Crippen LogP contribution in [-0.2, 0) is 10.2 Å². The largest absolute Gasteiger partial charge is 0.401 e. The topological polar surface area (TPSA) is 81.8 Å². The molecule has 1 aliphatic rings. The minimum atomic E-state index is -4.34. The first-order chi connectivity index (χ1) is 14.2. The molecule has 176 valence electrons. The van der Waals surface area contributed by atoms with Gasteiger partial charge in [0.15, 0.2) is 0 Å². The van der Waals surface area contributed by atoms with E-state index >= 15 is 0 Å². The summed E-state index contributed by atoms with van der Waals surface area (Å²) in [4.78, 5) is 13.7. The molecular weight excluding hydrogens is 433 g/mol. The molecule has 1 saturated heterocycles. The van der Waals surface area contributed by atoms with Crippen molar-refractivity contribution in [2.45, 2.75) is 52.6 Å². The summed E-state index contributed by atoms with van der Waals surface area (Å²) in [5.74, 6) is 0.206. The lowest BCUT2D eigenvalue weighted by molar-refractivity contribution is -0.148. The number of halogens is 3. The molecular formula is C20H31F3N4O3S. The van der Waals surface area contributed by atoms with Crippen LogP contribution in [0.25, 0.3) is 0 Å². The van der Waals surface area contributed by atoms with Crippen LogP contribution in [0.1, 0.15) is 56.2 Å². The Hall–Kier alpha value is -1.85. The Kier molecular flexibility index (Phi) is 7.99. The van der Waals surface area contributed by atoms with Crippen LogP contribution >= 0.6 is 0 Å². The van der Waals surface area contributed by atoms with Crippen molar-refractivity contribution in [3.05, 3.63) is 28.8 Å². The van der Waals surface area contributed by atoms with Crippen LogP contribution < -0.4 is 10.0 Å². The molecule has 2 amide bonds. The molecule has 1 aliphatic heterocycles. The Morgan fingerprint density at radius 2 is 1.52 bits per heavy atom. The lowest BCUT2D eigenvalue weighted by Gasteiger charge is -2.34. The van der Waals surface area contributed by atoms with Gasteiger partial charge in [-0.15, -0.1) is 0 Å². The third kappa shape index (κ3) is 7.08. The van der Waals surface area contributed by atoms with E-state index < -0.39 is 29.0 Å². The Balaban J connectivity index is 2.11. The van der Waals surface area contributed by atoms with Gasteiger partial charge in [-0.05, 0) is 29.9 Å². The lowest BCUT2D eigenvalue weighted by atomic mass is 9.90. The van der Waals surface area contributed by atoms with Crippen molar-refractivity contribution >= 4 is 21.9 Å². The van der Waals surface area contributed by atoms with Crippen molar-refractivity contribution in [3.63, 3.8) is 0 Å². The smallest absolute Gasteiger partial charge is 0.307 e. The van der Waals surface area contributed by atoms with Gasteiger partial charge in [-0.1, -0.05) is 45.4 Å². The number of alkyl halides is 3. The number of hydrogen-bond acceptors (Lipinski definition) is 4. The van der Waals surface area contributed by atoms with Crippen molar-refractivity contribution in [2.75, 3.05) is 38.0 Å². The van der Waals surface area contributed by atoms with Crippen LogP contribution in [0.5, 0.6) is 0 Å². The molecule has 2 N–H and O–H groups in total. The van der Waals surface area contributed by atoms with E-state index in [1.54, 1.807) is 0 Å². The number of nitrogens with zero attached hydrogens (tertiary/aromatic N) is 2. The molecule has 7 nitrogen and oxygen atoms in total. The second-order valence-electron chi connectivity index (χ2n) is 8.48. The van der Waals surface area contributed by atoms with Crippen LogP contribution in [0.15, 0.2) is 12.1 Å². The van der Waals surface area contributed by atoms with Crippen molar-refractivity contribution < 1.29 is 26.4 Å². The Labute approximate surface area is 182 Å². The molecule has 0 unspecified atom stereocenters. The second kappa shape index (κ2) is 9.74. The van der Waals surface area contributed by atoms with E-state index in [9.17, 15) is 26.4 Å². The van der Waals surface area contributed by atoms with E-state index in [1.807, 2.05) is 51.5 Å². The number of amides is 2. The van der Waals surface area contributed by atoms with Gasteiger partial charge in [0, 0.05) is 31.9 Å². The van der Waals surface area contributed by atoms with Gasteiger partial charge in [0.05, 0.1) is 6.54 Å². The van der Waals surface area contributed by atoms with Crippen LogP contribution in [0, 0.1) is 6.92 Å². The summed E-state index contributed by atoms with van der Waals surface area (Å²) in [5.41, 5.74) is 3.43. The Bertz CT molecular complexity index is 864. The average molecular weight is 465 g/mol. The monoisotopic (exact) mass is 464 g/mol. The number of carbonyl (C=O) groups excluding carboxylic acids is 1. The summed E-state index contributed by atoms with van der Waals surface area (Å²) in [5, 5.41) is 2.69. The number of rotatable bonds is 6. The predicted octanol–water partition coefficient (Wildman–Crippen LogP) is 3.79. The second-order valence-corrected chi connectivity index (χ2v) is 10.2. The van der Waals surface area contributed by atoms with E-state index in [0.29, 0.717) is 5.69 Å². The number of anilines is 1. The molecule has 0 bridgehead atoms. The number of piperazine rings is 1. The third-order valence-electron chi connectivity index (χ3n) is 5.12. The zero-order valence-corrected chi connectivity index (χ0v) is 19.3. The van der Waals surface area contributed by atoms with E-state index in [1.165, 1.54) is 0 Å². The maximum Gasteiger partial charge on any atom is 0.401 e. The van der Waals surface area contributed by atoms with Gasteiger partial charge in [0.2, 0.25) is 0 Å². The van der Waals surface area contributed by atoms with E-state index in [4.69, 9.17) is 0 Å². The van der Waals surface area contributed by atoms with Crippen molar-refractivity contribution in [3.8, 4) is 0 Å². The fourth-order valence-electron chi connectivity index (χ4n) is 3.60. The maximum atomic E-state index is 12.6. The average Bonchev–Trinajstić information content (AvgIpc) is 2.61. The molecule has 1 heterocycles. The molecule has 0 saturated carbocycles. The number of nitrogens with one attached hydrogen (secondary N) is 2. The summed E-state index contributed by atoms with van der Waals surface area (Å²) in [6.07, 6.45) is -4.34. The first kappa shape index (κ1) is 25.4. The lowest BCUT2D eigenvalue weighted by Crippen LogP contribution is -2.54. The first-order valence-electron chi connectivity index (χ1n) is 10.2. The summed E-state index contributed by atoms with van der Waals surface area (Å²) in [6, 6.07) is 3.02. The highest BCUT2D eigenvalue weighted by Gasteiger charge is 2.35. The van der Waals surface area contributed by atoms with Crippen molar-refractivity contribution in [2.24, 2.45) is 0 Å². The van der Waals surface area contributed by atoms with Crippen LogP contribution in [0.2, 0.25) is 0 Å². The summed E-state index contributed by atoms with van der Waals surface area (Å²) >= 11 is 0. The van der Waals surface area contributed by atoms with Crippen molar-refractivity contribution in [1.82, 2.24) is 13.9 Å². The standard InChI is InChI=1S/C20H31F3N4O3S/c1-13(2)16-10-15(5)11-17(14(3)4)18(16)24-19(28)25-31(29,30)27-8-6-26(7-9-27)12-20(21,22)23/h10-11,13-14H,6-9,12H2,1-5H3,(H2,24,25,28). The fraction of sp³-hybridized carbons (Fsp3) is 0.650. The van der Waals surface area contributed by atoms with E-state index in [2.05, 4.69) is 5.32 Å². The van der Waals surface area contributed by atoms with Gasteiger partial charge in [0.25, 0.3) is 0 Å². The number of urea groups is 1. The normalized spacial score (nSPS) is 16.7. The van der Waals surface area contributed by atoms with Crippen LogP contribution in [-0.4, -0.2) is 62.6 Å². The van der Waals surface area contributed by atoms with E-state index in [0.717, 1.165) is 25.9 Å². The van der Waals surface area contributed by atoms with Gasteiger partial charge < -0.3 is 5.32 Å². The first-order valence-corrected chi connectivity index (χ1v) is 11.7. The number of hydrogen-bond donors (Lipinski definition) is 2. The van der Waals surface area contributed by atoms with Gasteiger partial charge in [-0.3, -0.25) is 4.90 Å². The van der Waals surface area contributed by atoms with E-state index in [-0.39, 0.29) is 38.0 Å². The molecule has 0 aliphatic carbocycles. The summed E-state index contributed by atoms with van der Waals surface area (Å²) in [7, 11) is -4.18. The molecule has 0 atom stereocenters. The molecule has 0 radical (unpaired) electrons. The quantitative estimate of drug-likeness (QED) is 0.671. The van der Waals surface area contributed by atoms with Gasteiger partial charge in [0.1, 0.15) is 0 Å². The predicted molar refractivity (Wildman–Crippen MR) is 114 cm³/mol. The fourth-order valence-corrected chi connectivity index (χ4v) is 4.66. The Morgan fingerprint density at radius 1 is 1.03 bits per heavy atom. The zero-order valence-electron chi connectivity index (χ0n) is 18.5. The van der Waals surface area contributed by atoms with Crippen LogP contribution in [0.3, 0.4) is 0 Å². The Morgan fingerprint density at radius 3 is 1.94 bits per heavy atom. The SMILES string of the molecule is Cc1cc(C(C)C)c(NC(=O)NS(=O)(=O)N2CCN(CC(F)(F)F)CC2)c(C(C)C)c1. The number of benzene rings is 1. The molecule has 1 fully saturated rings. The molecule has 1 aromatic carbocycles. The minimum absolute atomic E-state index is 0.0605. The zero-order chi connectivity index (χ0) is 23.6.